The third-order valence-corrected chi connectivity index (χ3v) is 2.39. The van der Waals surface area contributed by atoms with Crippen LogP contribution in [0.2, 0.25) is 0 Å². The van der Waals surface area contributed by atoms with Crippen molar-refractivity contribution in [3.05, 3.63) is 40.5 Å². The standard InChI is InChI=1S/C10H7BrN2O/c11-6-4-8-7(10(12)14)2-1-3-9(8)13-5-6/h1-5H,(H2,12,14). The summed E-state index contributed by atoms with van der Waals surface area (Å²) in [5.41, 5.74) is 6.51. The number of hydrogen-bond donors (Lipinski definition) is 1. The molecule has 1 heterocycles. The molecule has 0 radical (unpaired) electrons. The average molecular weight is 251 g/mol. The van der Waals surface area contributed by atoms with Crippen LogP contribution in [0.1, 0.15) is 10.4 Å². The monoisotopic (exact) mass is 250 g/mol. The number of halogens is 1. The lowest BCUT2D eigenvalue weighted by molar-refractivity contribution is 0.100. The minimum atomic E-state index is -0.435. The van der Waals surface area contributed by atoms with E-state index in [2.05, 4.69) is 20.9 Å². The summed E-state index contributed by atoms with van der Waals surface area (Å²) < 4.78 is 0.832. The maximum Gasteiger partial charge on any atom is 0.249 e. The first-order valence-corrected chi connectivity index (χ1v) is 4.82. The Morgan fingerprint density at radius 3 is 2.93 bits per heavy atom. The van der Waals surface area contributed by atoms with Crippen LogP contribution >= 0.6 is 15.9 Å². The van der Waals surface area contributed by atoms with Crippen LogP contribution in [0.15, 0.2) is 34.9 Å². The Bertz CT molecular complexity index is 510. The second-order valence-corrected chi connectivity index (χ2v) is 3.81. The first-order valence-electron chi connectivity index (χ1n) is 4.02. The van der Waals surface area contributed by atoms with Crippen LogP contribution in [0, 0.1) is 0 Å². The highest BCUT2D eigenvalue weighted by atomic mass is 79.9. The van der Waals surface area contributed by atoms with E-state index in [-0.39, 0.29) is 0 Å². The summed E-state index contributed by atoms with van der Waals surface area (Å²) in [7, 11) is 0. The van der Waals surface area contributed by atoms with Crippen LogP contribution in [-0.2, 0) is 0 Å². The molecule has 0 saturated carbocycles. The van der Waals surface area contributed by atoms with Gasteiger partial charge in [0.25, 0.3) is 0 Å². The van der Waals surface area contributed by atoms with Crippen molar-refractivity contribution >= 4 is 32.7 Å². The Hall–Kier alpha value is -1.42. The van der Waals surface area contributed by atoms with E-state index in [4.69, 9.17) is 5.73 Å². The SMILES string of the molecule is NC(=O)c1cccc2ncc(Br)cc12. The molecule has 0 spiro atoms. The van der Waals surface area contributed by atoms with E-state index in [0.717, 1.165) is 15.4 Å². The van der Waals surface area contributed by atoms with Crippen molar-refractivity contribution in [1.82, 2.24) is 4.98 Å². The molecule has 4 heteroatoms. The molecule has 0 atom stereocenters. The summed E-state index contributed by atoms with van der Waals surface area (Å²) in [6.07, 6.45) is 1.69. The molecule has 0 aliphatic rings. The second kappa shape index (κ2) is 3.38. The number of primary amides is 1. The molecule has 2 rings (SSSR count). The van der Waals surface area contributed by atoms with Gasteiger partial charge >= 0.3 is 0 Å². The van der Waals surface area contributed by atoms with Gasteiger partial charge in [-0.15, -0.1) is 0 Å². The number of fused-ring (bicyclic) bond motifs is 1. The lowest BCUT2D eigenvalue weighted by atomic mass is 10.1. The van der Waals surface area contributed by atoms with Gasteiger partial charge in [-0.25, -0.2) is 0 Å². The van der Waals surface area contributed by atoms with E-state index in [0.29, 0.717) is 5.56 Å². The summed E-state index contributed by atoms with van der Waals surface area (Å²) in [6, 6.07) is 7.14. The second-order valence-electron chi connectivity index (χ2n) is 2.89. The van der Waals surface area contributed by atoms with Gasteiger partial charge in [-0.05, 0) is 34.1 Å². The maximum atomic E-state index is 11.1. The van der Waals surface area contributed by atoms with Gasteiger partial charge in [-0.3, -0.25) is 9.78 Å². The average Bonchev–Trinajstić information content (AvgIpc) is 2.16. The summed E-state index contributed by atoms with van der Waals surface area (Å²) >= 11 is 3.30. The van der Waals surface area contributed by atoms with Gasteiger partial charge in [0.2, 0.25) is 5.91 Å². The molecular formula is C10H7BrN2O. The minimum Gasteiger partial charge on any atom is -0.366 e. The largest absolute Gasteiger partial charge is 0.366 e. The number of hydrogen-bond acceptors (Lipinski definition) is 2. The lowest BCUT2D eigenvalue weighted by Gasteiger charge is -2.02. The van der Waals surface area contributed by atoms with Gasteiger partial charge < -0.3 is 5.73 Å². The highest BCUT2D eigenvalue weighted by Gasteiger charge is 2.06. The number of nitrogens with zero attached hydrogens (tertiary/aromatic N) is 1. The van der Waals surface area contributed by atoms with E-state index < -0.39 is 5.91 Å². The Morgan fingerprint density at radius 2 is 2.21 bits per heavy atom. The predicted octanol–water partition coefficient (Wildman–Crippen LogP) is 2.10. The zero-order chi connectivity index (χ0) is 10.1. The Morgan fingerprint density at radius 1 is 1.43 bits per heavy atom. The third kappa shape index (κ3) is 1.48. The van der Waals surface area contributed by atoms with E-state index in [9.17, 15) is 4.79 Å². The van der Waals surface area contributed by atoms with E-state index >= 15 is 0 Å². The Labute approximate surface area is 89.1 Å². The predicted molar refractivity (Wildman–Crippen MR) is 58.0 cm³/mol. The van der Waals surface area contributed by atoms with E-state index in [1.54, 1.807) is 18.3 Å². The van der Waals surface area contributed by atoms with Crippen LogP contribution in [0.25, 0.3) is 10.9 Å². The number of benzene rings is 1. The number of nitrogens with two attached hydrogens (primary N) is 1. The van der Waals surface area contributed by atoms with Crippen molar-refractivity contribution < 1.29 is 4.79 Å². The summed E-state index contributed by atoms with van der Waals surface area (Å²) in [4.78, 5) is 15.3. The molecule has 1 aromatic heterocycles. The topological polar surface area (TPSA) is 56.0 Å². The van der Waals surface area contributed by atoms with Gasteiger partial charge in [-0.1, -0.05) is 6.07 Å². The number of amides is 1. The highest BCUT2D eigenvalue weighted by Crippen LogP contribution is 2.20. The number of aromatic nitrogens is 1. The van der Waals surface area contributed by atoms with Gasteiger partial charge in [0.15, 0.2) is 0 Å². The molecule has 0 saturated heterocycles. The highest BCUT2D eigenvalue weighted by molar-refractivity contribution is 9.10. The number of carbonyl (C=O) groups is 1. The summed E-state index contributed by atoms with van der Waals surface area (Å²) in [6.45, 7) is 0. The quantitative estimate of drug-likeness (QED) is 0.843. The molecule has 0 aliphatic carbocycles. The molecule has 1 amide bonds. The zero-order valence-electron chi connectivity index (χ0n) is 7.20. The van der Waals surface area contributed by atoms with Crippen LogP contribution in [0.5, 0.6) is 0 Å². The fourth-order valence-corrected chi connectivity index (χ4v) is 1.67. The van der Waals surface area contributed by atoms with E-state index in [1.165, 1.54) is 0 Å². The van der Waals surface area contributed by atoms with Crippen molar-refractivity contribution in [3.63, 3.8) is 0 Å². The summed E-state index contributed by atoms with van der Waals surface area (Å²) in [5.74, 6) is -0.435. The number of pyridine rings is 1. The van der Waals surface area contributed by atoms with Crippen LogP contribution in [0.4, 0.5) is 0 Å². The Kier molecular flexibility index (Phi) is 2.21. The van der Waals surface area contributed by atoms with Crippen molar-refractivity contribution in [3.8, 4) is 0 Å². The molecule has 3 nitrogen and oxygen atoms in total. The zero-order valence-corrected chi connectivity index (χ0v) is 8.78. The summed E-state index contributed by atoms with van der Waals surface area (Å²) in [5, 5.41) is 0.773. The van der Waals surface area contributed by atoms with Gasteiger partial charge in [0.1, 0.15) is 0 Å². The van der Waals surface area contributed by atoms with Gasteiger partial charge in [0.05, 0.1) is 5.52 Å². The molecule has 2 N–H and O–H groups in total. The van der Waals surface area contributed by atoms with E-state index in [1.807, 2.05) is 12.1 Å². The van der Waals surface area contributed by atoms with Crippen LogP contribution in [0.3, 0.4) is 0 Å². The molecule has 1 aromatic carbocycles. The number of carbonyl (C=O) groups excluding carboxylic acids is 1. The van der Waals surface area contributed by atoms with Crippen molar-refractivity contribution in [1.29, 1.82) is 0 Å². The molecule has 0 unspecified atom stereocenters. The third-order valence-electron chi connectivity index (χ3n) is 1.96. The molecule has 0 bridgehead atoms. The fourth-order valence-electron chi connectivity index (χ4n) is 1.34. The van der Waals surface area contributed by atoms with Crippen molar-refractivity contribution in [2.75, 3.05) is 0 Å². The lowest BCUT2D eigenvalue weighted by Crippen LogP contribution is -2.11. The Balaban J connectivity index is 2.84. The molecule has 0 fully saturated rings. The number of rotatable bonds is 1. The minimum absolute atomic E-state index is 0.435. The van der Waals surface area contributed by atoms with Crippen molar-refractivity contribution in [2.24, 2.45) is 5.73 Å². The maximum absolute atomic E-state index is 11.1. The normalized spacial score (nSPS) is 10.4. The van der Waals surface area contributed by atoms with Crippen LogP contribution < -0.4 is 5.73 Å². The molecule has 14 heavy (non-hydrogen) atoms. The fraction of sp³-hybridized carbons (Fsp3) is 0. The molecule has 2 aromatic rings. The van der Waals surface area contributed by atoms with Crippen molar-refractivity contribution in [2.45, 2.75) is 0 Å². The molecule has 0 aliphatic heterocycles. The molecular weight excluding hydrogens is 244 g/mol. The first-order chi connectivity index (χ1) is 6.68. The van der Waals surface area contributed by atoms with Gasteiger partial charge in [-0.2, -0.15) is 0 Å². The van der Waals surface area contributed by atoms with Crippen LogP contribution in [-0.4, -0.2) is 10.9 Å². The molecule has 70 valence electrons. The smallest absolute Gasteiger partial charge is 0.249 e. The first kappa shape index (κ1) is 9.15. The van der Waals surface area contributed by atoms with Gasteiger partial charge in [0, 0.05) is 21.6 Å².